The van der Waals surface area contributed by atoms with Gasteiger partial charge in [0.15, 0.2) is 0 Å². The molecule has 0 saturated carbocycles. The minimum absolute atomic E-state index is 0. The Morgan fingerprint density at radius 2 is 1.96 bits per heavy atom. The maximum atomic E-state index is 12.7. The van der Waals surface area contributed by atoms with Crippen LogP contribution in [-0.4, -0.2) is 48.3 Å². The molecule has 6 heteroatoms. The molecule has 2 atom stereocenters. The summed E-state index contributed by atoms with van der Waals surface area (Å²) >= 11 is 0. The van der Waals surface area contributed by atoms with E-state index in [-0.39, 0.29) is 41.6 Å². The Labute approximate surface area is 157 Å². The molecule has 140 valence electrons. The topological polar surface area (TPSA) is 66.6 Å². The van der Waals surface area contributed by atoms with E-state index >= 15 is 0 Å². The van der Waals surface area contributed by atoms with Crippen LogP contribution in [-0.2, 0) is 9.59 Å². The van der Waals surface area contributed by atoms with Crippen LogP contribution in [0.2, 0.25) is 0 Å². The van der Waals surface area contributed by atoms with E-state index in [1.54, 1.807) is 11.9 Å². The average molecular weight is 368 g/mol. The van der Waals surface area contributed by atoms with Crippen LogP contribution in [0.3, 0.4) is 0 Å². The molecular weight excluding hydrogens is 338 g/mol. The second kappa shape index (κ2) is 8.68. The van der Waals surface area contributed by atoms with Gasteiger partial charge >= 0.3 is 0 Å². The van der Waals surface area contributed by atoms with Gasteiger partial charge in [-0.3, -0.25) is 9.59 Å². The van der Waals surface area contributed by atoms with Crippen molar-refractivity contribution in [1.29, 1.82) is 0 Å². The highest BCUT2D eigenvalue weighted by Crippen LogP contribution is 2.29. The Hall–Kier alpha value is -1.59. The third kappa shape index (κ3) is 5.19. The summed E-state index contributed by atoms with van der Waals surface area (Å²) in [6.45, 7) is 7.70. The molecule has 2 N–H and O–H groups in total. The summed E-state index contributed by atoms with van der Waals surface area (Å²) in [6, 6.07) is 9.92. The first-order chi connectivity index (χ1) is 11.2. The van der Waals surface area contributed by atoms with Gasteiger partial charge in [-0.05, 0) is 24.4 Å². The fourth-order valence-electron chi connectivity index (χ4n) is 3.28. The third-order valence-electron chi connectivity index (χ3n) is 4.85. The third-order valence-corrected chi connectivity index (χ3v) is 4.85. The van der Waals surface area contributed by atoms with Crippen LogP contribution in [0.15, 0.2) is 30.3 Å². The van der Waals surface area contributed by atoms with Crippen LogP contribution < -0.4 is 5.73 Å². The van der Waals surface area contributed by atoms with Crippen molar-refractivity contribution in [2.45, 2.75) is 33.2 Å². The molecule has 1 fully saturated rings. The molecule has 2 unspecified atom stereocenters. The van der Waals surface area contributed by atoms with Gasteiger partial charge in [-0.1, -0.05) is 44.2 Å². The lowest BCUT2D eigenvalue weighted by Crippen LogP contribution is -2.42. The number of carbonyl (C=O) groups is 2. The normalized spacial score (nSPS) is 18.7. The molecule has 0 bridgehead atoms. The Balaban J connectivity index is 0.00000312. The number of nitrogens with zero attached hydrogens (tertiary/aromatic N) is 2. The van der Waals surface area contributed by atoms with Gasteiger partial charge in [-0.15, -0.1) is 12.4 Å². The fourth-order valence-corrected chi connectivity index (χ4v) is 3.28. The fraction of sp³-hybridized carbons (Fsp3) is 0.579. The van der Waals surface area contributed by atoms with E-state index in [0.717, 1.165) is 5.56 Å². The molecule has 1 saturated heterocycles. The number of hydrogen-bond donors (Lipinski definition) is 1. The van der Waals surface area contributed by atoms with Crippen LogP contribution in [0, 0.1) is 11.3 Å². The van der Waals surface area contributed by atoms with Gasteiger partial charge in [0.2, 0.25) is 11.8 Å². The molecule has 1 aromatic rings. The van der Waals surface area contributed by atoms with Crippen molar-refractivity contribution in [3.05, 3.63) is 35.9 Å². The van der Waals surface area contributed by atoms with Crippen molar-refractivity contribution < 1.29 is 9.59 Å². The number of amides is 2. The van der Waals surface area contributed by atoms with Gasteiger partial charge in [0, 0.05) is 26.6 Å². The lowest BCUT2D eigenvalue weighted by Gasteiger charge is -2.31. The van der Waals surface area contributed by atoms with Crippen molar-refractivity contribution in [3.63, 3.8) is 0 Å². The highest BCUT2D eigenvalue weighted by molar-refractivity contribution is 5.89. The summed E-state index contributed by atoms with van der Waals surface area (Å²) in [5.74, 6) is -0.175. The van der Waals surface area contributed by atoms with Gasteiger partial charge < -0.3 is 15.5 Å². The van der Waals surface area contributed by atoms with Crippen molar-refractivity contribution in [1.82, 2.24) is 9.80 Å². The Kier molecular flexibility index (Phi) is 7.44. The van der Waals surface area contributed by atoms with E-state index in [0.29, 0.717) is 26.1 Å². The molecule has 2 amide bonds. The average Bonchev–Trinajstić information content (AvgIpc) is 2.95. The number of benzene rings is 1. The molecular formula is C19H30ClN3O2. The first-order valence-electron chi connectivity index (χ1n) is 8.54. The zero-order valence-corrected chi connectivity index (χ0v) is 16.4. The van der Waals surface area contributed by atoms with E-state index in [9.17, 15) is 9.59 Å². The van der Waals surface area contributed by atoms with Crippen molar-refractivity contribution in [3.8, 4) is 0 Å². The van der Waals surface area contributed by atoms with Gasteiger partial charge in [-0.2, -0.15) is 0 Å². The van der Waals surface area contributed by atoms with Crippen LogP contribution in [0.1, 0.15) is 38.8 Å². The standard InChI is InChI=1S/C19H29N3O2.ClH/c1-14(15-8-6-5-7-9-15)22-11-16(10-17(22)23)18(24)21(4)13-19(2,3)12-20;/h5-9,14,16H,10-13,20H2,1-4H3;1H. The largest absolute Gasteiger partial charge is 0.345 e. The number of halogens is 1. The Bertz CT molecular complexity index is 592. The second-order valence-electron chi connectivity index (χ2n) is 7.60. The maximum absolute atomic E-state index is 12.7. The highest BCUT2D eigenvalue weighted by atomic mass is 35.5. The molecule has 25 heavy (non-hydrogen) atoms. The number of rotatable bonds is 6. The summed E-state index contributed by atoms with van der Waals surface area (Å²) in [7, 11) is 1.80. The van der Waals surface area contributed by atoms with Crippen LogP contribution >= 0.6 is 12.4 Å². The first-order valence-corrected chi connectivity index (χ1v) is 8.54. The second-order valence-corrected chi connectivity index (χ2v) is 7.60. The zero-order chi connectivity index (χ0) is 17.9. The van der Waals surface area contributed by atoms with Crippen LogP contribution in [0.5, 0.6) is 0 Å². The maximum Gasteiger partial charge on any atom is 0.227 e. The summed E-state index contributed by atoms with van der Waals surface area (Å²) in [6.07, 6.45) is 0.295. The number of likely N-dealkylation sites (tertiary alicyclic amines) is 1. The van der Waals surface area contributed by atoms with E-state index in [2.05, 4.69) is 0 Å². The summed E-state index contributed by atoms with van der Waals surface area (Å²) in [5.41, 5.74) is 6.73. The van der Waals surface area contributed by atoms with Crippen LogP contribution in [0.4, 0.5) is 0 Å². The van der Waals surface area contributed by atoms with Gasteiger partial charge in [0.1, 0.15) is 0 Å². The van der Waals surface area contributed by atoms with Crippen LogP contribution in [0.25, 0.3) is 0 Å². The lowest BCUT2D eigenvalue weighted by molar-refractivity contribution is -0.135. The number of hydrogen-bond acceptors (Lipinski definition) is 3. The molecule has 2 rings (SSSR count). The highest BCUT2D eigenvalue weighted by Gasteiger charge is 2.38. The van der Waals surface area contributed by atoms with E-state index in [1.165, 1.54) is 0 Å². The Morgan fingerprint density at radius 3 is 2.52 bits per heavy atom. The predicted octanol–water partition coefficient (Wildman–Crippen LogP) is 2.46. The molecule has 0 aromatic heterocycles. The van der Waals surface area contributed by atoms with E-state index < -0.39 is 0 Å². The zero-order valence-electron chi connectivity index (χ0n) is 15.6. The first kappa shape index (κ1) is 21.5. The molecule has 1 aliphatic heterocycles. The SMILES string of the molecule is CC(c1ccccc1)N1CC(C(=O)N(C)CC(C)(C)CN)CC1=O.Cl. The minimum atomic E-state index is -0.262. The Morgan fingerprint density at radius 1 is 1.36 bits per heavy atom. The molecule has 1 aliphatic rings. The smallest absolute Gasteiger partial charge is 0.227 e. The van der Waals surface area contributed by atoms with Gasteiger partial charge in [-0.25, -0.2) is 0 Å². The van der Waals surface area contributed by atoms with Gasteiger partial charge in [0.05, 0.1) is 12.0 Å². The summed E-state index contributed by atoms with van der Waals surface area (Å²) in [4.78, 5) is 28.6. The minimum Gasteiger partial charge on any atom is -0.345 e. The lowest BCUT2D eigenvalue weighted by atomic mass is 9.92. The number of carbonyl (C=O) groups excluding carboxylic acids is 2. The van der Waals surface area contributed by atoms with Crippen molar-refractivity contribution in [2.24, 2.45) is 17.1 Å². The summed E-state index contributed by atoms with van der Waals surface area (Å²) in [5, 5.41) is 0. The summed E-state index contributed by atoms with van der Waals surface area (Å²) < 4.78 is 0. The monoisotopic (exact) mass is 367 g/mol. The molecule has 1 aromatic carbocycles. The number of nitrogens with two attached hydrogens (primary N) is 1. The molecule has 0 radical (unpaired) electrons. The van der Waals surface area contributed by atoms with Crippen molar-refractivity contribution >= 4 is 24.2 Å². The van der Waals surface area contributed by atoms with E-state index in [1.807, 2.05) is 56.0 Å². The van der Waals surface area contributed by atoms with Gasteiger partial charge in [0.25, 0.3) is 0 Å². The van der Waals surface area contributed by atoms with E-state index in [4.69, 9.17) is 5.73 Å². The predicted molar refractivity (Wildman–Crippen MR) is 102 cm³/mol. The quantitative estimate of drug-likeness (QED) is 0.839. The molecule has 0 spiro atoms. The molecule has 1 heterocycles. The molecule has 5 nitrogen and oxygen atoms in total. The molecule has 0 aliphatic carbocycles. The van der Waals surface area contributed by atoms with Crippen molar-refractivity contribution in [2.75, 3.05) is 26.7 Å².